The number of nitrogens with two attached hydrogens (primary N) is 1. The van der Waals surface area contributed by atoms with E-state index in [0.717, 1.165) is 12.1 Å². The highest BCUT2D eigenvalue weighted by molar-refractivity contribution is 5.96. The summed E-state index contributed by atoms with van der Waals surface area (Å²) in [5, 5.41) is 7.02. The van der Waals surface area contributed by atoms with Crippen molar-refractivity contribution in [3.63, 3.8) is 0 Å². The van der Waals surface area contributed by atoms with Crippen molar-refractivity contribution in [3.8, 4) is 5.75 Å². The summed E-state index contributed by atoms with van der Waals surface area (Å²) in [5.41, 5.74) is 3.05. The molecule has 0 fully saturated rings. The lowest BCUT2D eigenvalue weighted by Gasteiger charge is -2.19. The minimum atomic E-state index is -4.86. The van der Waals surface area contributed by atoms with Gasteiger partial charge in [-0.15, -0.1) is 0 Å². The van der Waals surface area contributed by atoms with Gasteiger partial charge in [-0.2, -0.15) is 26.3 Å². The van der Waals surface area contributed by atoms with E-state index in [9.17, 15) is 26.3 Å². The molecule has 0 saturated carbocycles. The minimum absolute atomic E-state index is 0.388. The molecule has 3 nitrogen and oxygen atoms in total. The maximum atomic E-state index is 12.7. The third-order valence-electron chi connectivity index (χ3n) is 2.36. The fourth-order valence-electron chi connectivity index (χ4n) is 1.34. The molecular weight excluding hydrogens is 290 g/mol. The third-order valence-corrected chi connectivity index (χ3v) is 2.36. The first-order chi connectivity index (χ1) is 8.93. The Labute approximate surface area is 109 Å². The Morgan fingerprint density at radius 3 is 2.15 bits per heavy atom. The zero-order valence-corrected chi connectivity index (χ0v) is 10.1. The summed E-state index contributed by atoms with van der Waals surface area (Å²) in [7, 11) is 0. The second-order valence-corrected chi connectivity index (χ2v) is 3.92. The lowest BCUT2D eigenvalue weighted by atomic mass is 10.1. The van der Waals surface area contributed by atoms with Crippen LogP contribution in [0.25, 0.3) is 0 Å². The van der Waals surface area contributed by atoms with E-state index in [2.05, 4.69) is 4.74 Å². The number of amidine groups is 1. The maximum Gasteiger partial charge on any atom is 0.425 e. The molecule has 0 amide bonds. The van der Waals surface area contributed by atoms with Crippen LogP contribution < -0.4 is 10.5 Å². The zero-order chi connectivity index (χ0) is 15.7. The first-order valence-corrected chi connectivity index (χ1v) is 5.22. The Morgan fingerprint density at radius 2 is 1.75 bits per heavy atom. The predicted molar refractivity (Wildman–Crippen MR) is 58.6 cm³/mol. The summed E-state index contributed by atoms with van der Waals surface area (Å²) >= 11 is 0. The number of halogens is 6. The Kier molecular flexibility index (Phi) is 4.21. The molecule has 0 bridgehead atoms. The van der Waals surface area contributed by atoms with E-state index in [1.54, 1.807) is 0 Å². The lowest BCUT2D eigenvalue weighted by molar-refractivity contribution is -0.189. The number of nitrogens with one attached hydrogen (secondary N) is 1. The van der Waals surface area contributed by atoms with Crippen LogP contribution in [0.4, 0.5) is 26.3 Å². The summed E-state index contributed by atoms with van der Waals surface area (Å²) in [6.07, 6.45) is -11.8. The summed E-state index contributed by atoms with van der Waals surface area (Å²) in [4.78, 5) is 0. The molecule has 112 valence electrons. The summed E-state index contributed by atoms with van der Waals surface area (Å²) in [6.45, 7) is 0.673. The minimum Gasteiger partial charge on any atom is -0.481 e. The molecule has 1 rings (SSSR count). The van der Waals surface area contributed by atoms with Crippen LogP contribution in [0.5, 0.6) is 5.75 Å². The van der Waals surface area contributed by atoms with Gasteiger partial charge >= 0.3 is 12.4 Å². The molecule has 0 aliphatic carbocycles. The topological polar surface area (TPSA) is 59.1 Å². The lowest BCUT2D eigenvalue weighted by Crippen LogP contribution is -2.31. The zero-order valence-electron chi connectivity index (χ0n) is 10.1. The van der Waals surface area contributed by atoms with Gasteiger partial charge in [0.2, 0.25) is 0 Å². The highest BCUT2D eigenvalue weighted by Gasteiger charge is 2.39. The van der Waals surface area contributed by atoms with Gasteiger partial charge in [-0.1, -0.05) is 0 Å². The van der Waals surface area contributed by atoms with Crippen LogP contribution in [0.1, 0.15) is 18.1 Å². The van der Waals surface area contributed by atoms with Crippen molar-refractivity contribution >= 4 is 5.84 Å². The molecule has 1 atom stereocenters. The summed E-state index contributed by atoms with van der Waals surface area (Å²) < 4.78 is 79.4. The molecule has 0 spiro atoms. The Bertz CT molecular complexity index is 509. The largest absolute Gasteiger partial charge is 0.481 e. The van der Waals surface area contributed by atoms with Crippen molar-refractivity contribution in [3.05, 3.63) is 29.3 Å². The first-order valence-electron chi connectivity index (χ1n) is 5.22. The number of nitrogen functional groups attached to an aromatic ring is 1. The van der Waals surface area contributed by atoms with Gasteiger partial charge in [0.1, 0.15) is 11.6 Å². The number of ether oxygens (including phenoxy) is 1. The normalized spacial score (nSPS) is 13.9. The van der Waals surface area contributed by atoms with Crippen LogP contribution in [0.3, 0.4) is 0 Å². The fourth-order valence-corrected chi connectivity index (χ4v) is 1.34. The highest BCUT2D eigenvalue weighted by atomic mass is 19.4. The van der Waals surface area contributed by atoms with Crippen LogP contribution >= 0.6 is 0 Å². The van der Waals surface area contributed by atoms with E-state index in [4.69, 9.17) is 11.1 Å². The first kappa shape index (κ1) is 16.1. The average molecular weight is 300 g/mol. The number of hydrogen-bond acceptors (Lipinski definition) is 2. The molecule has 3 N–H and O–H groups in total. The van der Waals surface area contributed by atoms with Gasteiger partial charge in [-0.25, -0.2) is 0 Å². The van der Waals surface area contributed by atoms with Crippen LogP contribution in [0, 0.1) is 5.41 Å². The molecule has 0 radical (unpaired) electrons. The highest BCUT2D eigenvalue weighted by Crippen LogP contribution is 2.35. The van der Waals surface area contributed by atoms with Crippen molar-refractivity contribution in [1.82, 2.24) is 0 Å². The van der Waals surface area contributed by atoms with E-state index in [0.29, 0.717) is 13.0 Å². The Hall–Kier alpha value is -1.93. The number of benzene rings is 1. The maximum absolute atomic E-state index is 12.7. The van der Waals surface area contributed by atoms with Crippen LogP contribution in [0.15, 0.2) is 18.2 Å². The van der Waals surface area contributed by atoms with Gasteiger partial charge in [-0.05, 0) is 25.1 Å². The van der Waals surface area contributed by atoms with Gasteiger partial charge in [0.05, 0.1) is 5.56 Å². The van der Waals surface area contributed by atoms with E-state index in [1.165, 1.54) is 0 Å². The van der Waals surface area contributed by atoms with Gasteiger partial charge in [-0.3, -0.25) is 5.41 Å². The number of alkyl halides is 6. The molecule has 0 heterocycles. The van der Waals surface area contributed by atoms with Crippen molar-refractivity contribution in [2.24, 2.45) is 5.73 Å². The smallest absolute Gasteiger partial charge is 0.425 e. The van der Waals surface area contributed by atoms with Crippen molar-refractivity contribution in [1.29, 1.82) is 5.41 Å². The van der Waals surface area contributed by atoms with Crippen molar-refractivity contribution in [2.45, 2.75) is 25.4 Å². The molecule has 20 heavy (non-hydrogen) atoms. The van der Waals surface area contributed by atoms with Gasteiger partial charge < -0.3 is 10.5 Å². The molecular formula is C11H10F6N2O. The van der Waals surface area contributed by atoms with Gasteiger partial charge in [0.25, 0.3) is 0 Å². The molecule has 0 aliphatic rings. The van der Waals surface area contributed by atoms with E-state index in [-0.39, 0.29) is 0 Å². The van der Waals surface area contributed by atoms with Crippen LogP contribution in [-0.4, -0.2) is 18.1 Å². The molecule has 9 heteroatoms. The van der Waals surface area contributed by atoms with E-state index >= 15 is 0 Å². The quantitative estimate of drug-likeness (QED) is 0.511. The predicted octanol–water partition coefficient (Wildman–Crippen LogP) is 3.32. The SMILES string of the molecule is CC(Oc1ccc(C(=N)N)c(C(F)(F)F)c1)C(F)(F)F. The fraction of sp³-hybridized carbons (Fsp3) is 0.364. The molecule has 0 saturated heterocycles. The Morgan fingerprint density at radius 1 is 1.20 bits per heavy atom. The molecule has 0 aliphatic heterocycles. The van der Waals surface area contributed by atoms with Gasteiger partial charge in [0, 0.05) is 5.56 Å². The second-order valence-electron chi connectivity index (χ2n) is 3.92. The standard InChI is InChI=1S/C11H10F6N2O/c1-5(10(12,13)14)20-6-2-3-7(9(18)19)8(4-6)11(15,16)17/h2-5H,1H3,(H3,18,19). The number of hydrogen-bond donors (Lipinski definition) is 2. The van der Waals surface area contributed by atoms with E-state index < -0.39 is 41.2 Å². The third kappa shape index (κ3) is 3.78. The molecule has 1 unspecified atom stereocenters. The summed E-state index contributed by atoms with van der Waals surface area (Å²) in [6, 6.07) is 2.08. The van der Waals surface area contributed by atoms with Crippen molar-refractivity contribution in [2.75, 3.05) is 0 Å². The van der Waals surface area contributed by atoms with Crippen LogP contribution in [0.2, 0.25) is 0 Å². The molecule has 0 aromatic heterocycles. The Balaban J connectivity index is 3.17. The average Bonchev–Trinajstić information content (AvgIpc) is 2.26. The monoisotopic (exact) mass is 300 g/mol. The molecule has 1 aromatic rings. The summed E-state index contributed by atoms with van der Waals surface area (Å²) in [5.74, 6) is -1.44. The number of rotatable bonds is 3. The molecule has 1 aromatic carbocycles. The van der Waals surface area contributed by atoms with Gasteiger partial charge in [0.15, 0.2) is 6.10 Å². The van der Waals surface area contributed by atoms with Crippen molar-refractivity contribution < 1.29 is 31.1 Å². The second kappa shape index (κ2) is 5.22. The van der Waals surface area contributed by atoms with E-state index in [1.807, 2.05) is 0 Å². The van der Waals surface area contributed by atoms with Crippen LogP contribution in [-0.2, 0) is 6.18 Å².